The maximum Gasteiger partial charge on any atom is 0.263 e. The lowest BCUT2D eigenvalue weighted by Gasteiger charge is -2.05. The van der Waals surface area contributed by atoms with E-state index in [1.807, 2.05) is 26.0 Å². The van der Waals surface area contributed by atoms with Gasteiger partial charge in [0.25, 0.3) is 5.91 Å². The molecule has 0 aliphatic carbocycles. The Labute approximate surface area is 121 Å². The Morgan fingerprint density at radius 2 is 1.75 bits per heavy atom. The van der Waals surface area contributed by atoms with E-state index in [4.69, 9.17) is 11.6 Å². The number of hydrogen-bond acceptors (Lipinski definition) is 2. The van der Waals surface area contributed by atoms with E-state index in [1.165, 1.54) is 5.56 Å². The molecule has 0 aliphatic rings. The minimum atomic E-state index is -0.104. The zero-order valence-corrected chi connectivity index (χ0v) is 12.0. The number of nitrogens with zero attached hydrogens (tertiary/aromatic N) is 2. The van der Waals surface area contributed by atoms with Crippen LogP contribution in [0.5, 0.6) is 0 Å². The molecule has 0 aliphatic heterocycles. The van der Waals surface area contributed by atoms with Crippen molar-refractivity contribution in [3.8, 4) is 0 Å². The zero-order valence-electron chi connectivity index (χ0n) is 11.2. The van der Waals surface area contributed by atoms with Gasteiger partial charge in [0.15, 0.2) is 0 Å². The molecule has 3 nitrogen and oxygen atoms in total. The number of rotatable bonds is 1. The minimum absolute atomic E-state index is 0.104. The third kappa shape index (κ3) is 2.10. The standard InChI is InChI=1S/C16H13ClN2O/c1-10-7-14-15(8-11(10)2)19(9-18-14)16(20)12-3-5-13(17)6-4-12/h3-9H,1-2H3. The van der Waals surface area contributed by atoms with E-state index in [1.54, 1.807) is 35.2 Å². The van der Waals surface area contributed by atoms with Gasteiger partial charge in [0.2, 0.25) is 0 Å². The SMILES string of the molecule is Cc1cc2ncn(C(=O)c3ccc(Cl)cc3)c2cc1C. The summed E-state index contributed by atoms with van der Waals surface area (Å²) in [6.07, 6.45) is 1.57. The molecule has 2 aromatic carbocycles. The van der Waals surface area contributed by atoms with E-state index in [2.05, 4.69) is 4.98 Å². The number of benzene rings is 2. The topological polar surface area (TPSA) is 34.9 Å². The van der Waals surface area contributed by atoms with Crippen molar-refractivity contribution < 1.29 is 4.79 Å². The number of fused-ring (bicyclic) bond motifs is 1. The Bertz CT molecular complexity index is 803. The molecule has 0 amide bonds. The summed E-state index contributed by atoms with van der Waals surface area (Å²) in [7, 11) is 0. The van der Waals surface area contributed by atoms with Crippen molar-refractivity contribution in [2.75, 3.05) is 0 Å². The van der Waals surface area contributed by atoms with Crippen molar-refractivity contribution >= 4 is 28.5 Å². The van der Waals surface area contributed by atoms with Gasteiger partial charge in [0.05, 0.1) is 11.0 Å². The molecule has 0 radical (unpaired) electrons. The minimum Gasteiger partial charge on any atom is -0.268 e. The van der Waals surface area contributed by atoms with Gasteiger partial charge in [-0.05, 0) is 61.4 Å². The largest absolute Gasteiger partial charge is 0.268 e. The summed E-state index contributed by atoms with van der Waals surface area (Å²) in [5.74, 6) is -0.104. The third-order valence-electron chi connectivity index (χ3n) is 3.47. The molecule has 20 heavy (non-hydrogen) atoms. The fourth-order valence-electron chi connectivity index (χ4n) is 2.16. The summed E-state index contributed by atoms with van der Waals surface area (Å²) >= 11 is 5.84. The Morgan fingerprint density at radius 3 is 2.45 bits per heavy atom. The monoisotopic (exact) mass is 284 g/mol. The van der Waals surface area contributed by atoms with Crippen molar-refractivity contribution in [3.05, 3.63) is 64.4 Å². The van der Waals surface area contributed by atoms with Crippen LogP contribution in [0.15, 0.2) is 42.7 Å². The normalized spacial score (nSPS) is 10.9. The molecule has 4 heteroatoms. The van der Waals surface area contributed by atoms with Gasteiger partial charge in [-0.3, -0.25) is 9.36 Å². The molecule has 100 valence electrons. The number of carbonyl (C=O) groups excluding carboxylic acids is 1. The zero-order chi connectivity index (χ0) is 14.3. The third-order valence-corrected chi connectivity index (χ3v) is 3.72. The number of halogens is 1. The van der Waals surface area contributed by atoms with E-state index in [9.17, 15) is 4.79 Å². The Hall–Kier alpha value is -2.13. The molecule has 0 atom stereocenters. The molecular formula is C16H13ClN2O. The highest BCUT2D eigenvalue weighted by Gasteiger charge is 2.13. The number of aromatic nitrogens is 2. The highest BCUT2D eigenvalue weighted by molar-refractivity contribution is 6.30. The fourth-order valence-corrected chi connectivity index (χ4v) is 2.28. The van der Waals surface area contributed by atoms with Crippen LogP contribution in [-0.4, -0.2) is 15.5 Å². The molecule has 3 rings (SSSR count). The quantitative estimate of drug-likeness (QED) is 0.677. The second kappa shape index (κ2) is 4.76. The number of aryl methyl sites for hydroxylation is 2. The smallest absolute Gasteiger partial charge is 0.263 e. The summed E-state index contributed by atoms with van der Waals surface area (Å²) in [6.45, 7) is 4.06. The highest BCUT2D eigenvalue weighted by Crippen LogP contribution is 2.20. The highest BCUT2D eigenvalue weighted by atomic mass is 35.5. The molecule has 0 N–H and O–H groups in total. The van der Waals surface area contributed by atoms with Crippen molar-refractivity contribution in [2.24, 2.45) is 0 Å². The number of carbonyl (C=O) groups is 1. The fraction of sp³-hybridized carbons (Fsp3) is 0.125. The predicted molar refractivity (Wildman–Crippen MR) is 80.4 cm³/mol. The molecule has 3 aromatic rings. The number of hydrogen-bond donors (Lipinski definition) is 0. The first-order chi connectivity index (χ1) is 9.56. The molecule has 0 saturated heterocycles. The molecule has 1 aromatic heterocycles. The second-order valence-corrected chi connectivity index (χ2v) is 5.29. The van der Waals surface area contributed by atoms with E-state index in [0.717, 1.165) is 16.6 Å². The van der Waals surface area contributed by atoms with Gasteiger partial charge in [-0.2, -0.15) is 0 Å². The van der Waals surface area contributed by atoms with Crippen LogP contribution >= 0.6 is 11.6 Å². The van der Waals surface area contributed by atoms with Gasteiger partial charge in [-0.25, -0.2) is 4.98 Å². The van der Waals surface area contributed by atoms with Crippen LogP contribution in [0.1, 0.15) is 21.5 Å². The van der Waals surface area contributed by atoms with Crippen LogP contribution in [0.4, 0.5) is 0 Å². The first kappa shape index (κ1) is 12.9. The number of imidazole rings is 1. The maximum absolute atomic E-state index is 12.5. The molecule has 0 unspecified atom stereocenters. The molecule has 0 fully saturated rings. The van der Waals surface area contributed by atoms with Crippen LogP contribution in [-0.2, 0) is 0 Å². The summed E-state index contributed by atoms with van der Waals surface area (Å²) in [5, 5.41) is 0.614. The molecule has 0 spiro atoms. The predicted octanol–water partition coefficient (Wildman–Crippen LogP) is 4.00. The van der Waals surface area contributed by atoms with Gasteiger partial charge in [-0.1, -0.05) is 11.6 Å². The van der Waals surface area contributed by atoms with Crippen LogP contribution < -0.4 is 0 Å². The van der Waals surface area contributed by atoms with Crippen LogP contribution in [0, 0.1) is 13.8 Å². The maximum atomic E-state index is 12.5. The lowest BCUT2D eigenvalue weighted by Crippen LogP contribution is -2.10. The molecular weight excluding hydrogens is 272 g/mol. The molecule has 0 bridgehead atoms. The first-order valence-corrected chi connectivity index (χ1v) is 6.68. The average Bonchev–Trinajstić information content (AvgIpc) is 2.82. The van der Waals surface area contributed by atoms with Gasteiger partial charge >= 0.3 is 0 Å². The molecule has 1 heterocycles. The van der Waals surface area contributed by atoms with Crippen LogP contribution in [0.25, 0.3) is 11.0 Å². The van der Waals surface area contributed by atoms with E-state index < -0.39 is 0 Å². The van der Waals surface area contributed by atoms with E-state index >= 15 is 0 Å². The second-order valence-electron chi connectivity index (χ2n) is 4.85. The van der Waals surface area contributed by atoms with Gasteiger partial charge < -0.3 is 0 Å². The summed E-state index contributed by atoms with van der Waals surface area (Å²) in [6, 6.07) is 10.9. The van der Waals surface area contributed by atoms with Crippen molar-refractivity contribution in [3.63, 3.8) is 0 Å². The molecule has 0 saturated carbocycles. The average molecular weight is 285 g/mol. The van der Waals surface area contributed by atoms with Gasteiger partial charge in [0.1, 0.15) is 6.33 Å². The van der Waals surface area contributed by atoms with Crippen LogP contribution in [0.3, 0.4) is 0 Å². The van der Waals surface area contributed by atoms with E-state index in [0.29, 0.717) is 10.6 Å². The van der Waals surface area contributed by atoms with Crippen molar-refractivity contribution in [1.29, 1.82) is 0 Å². The van der Waals surface area contributed by atoms with Gasteiger partial charge in [0, 0.05) is 10.6 Å². The summed E-state index contributed by atoms with van der Waals surface area (Å²) < 4.78 is 1.57. The van der Waals surface area contributed by atoms with Crippen molar-refractivity contribution in [1.82, 2.24) is 9.55 Å². The summed E-state index contributed by atoms with van der Waals surface area (Å²) in [4.78, 5) is 16.8. The van der Waals surface area contributed by atoms with Gasteiger partial charge in [-0.15, -0.1) is 0 Å². The Balaban J connectivity index is 2.12. The Kier molecular flexibility index (Phi) is 3.07. The summed E-state index contributed by atoms with van der Waals surface area (Å²) in [5.41, 5.74) is 4.56. The Morgan fingerprint density at radius 1 is 1.10 bits per heavy atom. The lowest BCUT2D eigenvalue weighted by atomic mass is 10.1. The van der Waals surface area contributed by atoms with E-state index in [-0.39, 0.29) is 5.91 Å². The first-order valence-electron chi connectivity index (χ1n) is 6.31. The van der Waals surface area contributed by atoms with Crippen molar-refractivity contribution in [2.45, 2.75) is 13.8 Å². The van der Waals surface area contributed by atoms with Crippen LogP contribution in [0.2, 0.25) is 5.02 Å². The lowest BCUT2D eigenvalue weighted by molar-refractivity contribution is 0.0964.